The van der Waals surface area contributed by atoms with Gasteiger partial charge in [0.05, 0.1) is 22.5 Å². The molecule has 1 amide bonds. The predicted octanol–water partition coefficient (Wildman–Crippen LogP) is 4.28. The Morgan fingerprint density at radius 1 is 1.43 bits per heavy atom. The maximum Gasteiger partial charge on any atom is 0.417 e. The average molecular weight is 501 g/mol. The summed E-state index contributed by atoms with van der Waals surface area (Å²) in [6, 6.07) is 1.23. The SMILES string of the molecule is C=CCSc1nnc(NC(=O)[C@@H](C)N(c2ccc(Cl)c(C(F)(F)F)c2)S(C)(=O)=O)s1. The molecule has 0 spiro atoms. The van der Waals surface area contributed by atoms with Gasteiger partial charge in [-0.25, -0.2) is 8.42 Å². The van der Waals surface area contributed by atoms with Gasteiger partial charge in [-0.1, -0.05) is 40.8 Å². The van der Waals surface area contributed by atoms with Gasteiger partial charge in [0.1, 0.15) is 6.04 Å². The minimum absolute atomic E-state index is 0.124. The van der Waals surface area contributed by atoms with Crippen LogP contribution in [0.25, 0.3) is 0 Å². The predicted molar refractivity (Wildman–Crippen MR) is 113 cm³/mol. The molecule has 0 aliphatic rings. The van der Waals surface area contributed by atoms with Crippen molar-refractivity contribution >= 4 is 61.4 Å². The molecule has 30 heavy (non-hydrogen) atoms. The average Bonchev–Trinajstić information content (AvgIpc) is 3.06. The smallest absolute Gasteiger partial charge is 0.299 e. The first-order valence-electron chi connectivity index (χ1n) is 8.08. The highest BCUT2D eigenvalue weighted by molar-refractivity contribution is 8.01. The Kier molecular flexibility index (Phi) is 7.77. The molecular weight excluding hydrogens is 485 g/mol. The molecule has 0 radical (unpaired) electrons. The van der Waals surface area contributed by atoms with Crippen LogP contribution in [0.15, 0.2) is 35.2 Å². The highest BCUT2D eigenvalue weighted by atomic mass is 35.5. The topological polar surface area (TPSA) is 92.3 Å². The summed E-state index contributed by atoms with van der Waals surface area (Å²) in [5, 5.41) is 9.62. The fraction of sp³-hybridized carbons (Fsp3) is 0.312. The number of hydrogen-bond acceptors (Lipinski definition) is 7. The first kappa shape index (κ1) is 24.4. The summed E-state index contributed by atoms with van der Waals surface area (Å²) in [5.74, 6) is -0.209. The zero-order chi connectivity index (χ0) is 22.7. The zero-order valence-corrected chi connectivity index (χ0v) is 18.8. The molecule has 7 nitrogen and oxygen atoms in total. The number of nitrogens with zero attached hydrogens (tertiary/aromatic N) is 3. The van der Waals surface area contributed by atoms with E-state index in [1.165, 1.54) is 18.7 Å². The standard InChI is InChI=1S/C16H16ClF3N4O3S3/c1-4-7-28-15-23-22-14(29-15)21-13(25)9(2)24(30(3,26)27)10-5-6-12(17)11(8-10)16(18,19)20/h4-6,8-9H,1,7H2,2-3H3,(H,21,22,25)/t9-/m1/s1. The normalized spacial score (nSPS) is 13.0. The van der Waals surface area contributed by atoms with E-state index in [9.17, 15) is 26.4 Å². The van der Waals surface area contributed by atoms with Crippen LogP contribution >= 0.6 is 34.7 Å². The van der Waals surface area contributed by atoms with E-state index in [4.69, 9.17) is 11.6 Å². The fourth-order valence-electron chi connectivity index (χ4n) is 2.34. The first-order chi connectivity index (χ1) is 13.8. The number of anilines is 2. The second-order valence-corrected chi connectivity index (χ2v) is 10.4. The van der Waals surface area contributed by atoms with Crippen molar-refractivity contribution < 1.29 is 26.4 Å². The van der Waals surface area contributed by atoms with Gasteiger partial charge in [-0.05, 0) is 25.1 Å². The minimum Gasteiger partial charge on any atom is -0.299 e. The first-order valence-corrected chi connectivity index (χ1v) is 12.1. The van der Waals surface area contributed by atoms with Crippen LogP contribution in [0, 0.1) is 0 Å². The lowest BCUT2D eigenvalue weighted by Gasteiger charge is -2.28. The van der Waals surface area contributed by atoms with E-state index < -0.39 is 38.7 Å². The van der Waals surface area contributed by atoms with Gasteiger partial charge in [0.2, 0.25) is 21.1 Å². The summed E-state index contributed by atoms with van der Waals surface area (Å²) in [4.78, 5) is 12.6. The number of nitrogens with one attached hydrogen (secondary N) is 1. The van der Waals surface area contributed by atoms with Crippen molar-refractivity contribution in [2.45, 2.75) is 23.5 Å². The lowest BCUT2D eigenvalue weighted by atomic mass is 10.1. The largest absolute Gasteiger partial charge is 0.417 e. The summed E-state index contributed by atoms with van der Waals surface area (Å²) < 4.78 is 65.2. The number of sulfonamides is 1. The van der Waals surface area contributed by atoms with Gasteiger partial charge in [-0.3, -0.25) is 14.4 Å². The van der Waals surface area contributed by atoms with Gasteiger partial charge in [-0.2, -0.15) is 13.2 Å². The fourth-order valence-corrected chi connectivity index (χ4v) is 5.24. The number of rotatable bonds is 8. The number of carbonyl (C=O) groups excluding carboxylic acids is 1. The Labute approximate surface area is 184 Å². The Morgan fingerprint density at radius 2 is 2.10 bits per heavy atom. The molecule has 0 unspecified atom stereocenters. The molecule has 2 aromatic rings. The van der Waals surface area contributed by atoms with Crippen LogP contribution in [-0.2, 0) is 21.0 Å². The maximum atomic E-state index is 13.2. The second kappa shape index (κ2) is 9.54. The van der Waals surface area contributed by atoms with Crippen LogP contribution in [0.2, 0.25) is 5.02 Å². The minimum atomic E-state index is -4.80. The molecule has 2 rings (SSSR count). The van der Waals surface area contributed by atoms with E-state index in [2.05, 4.69) is 22.1 Å². The van der Waals surface area contributed by atoms with Crippen LogP contribution in [0.3, 0.4) is 0 Å². The summed E-state index contributed by atoms with van der Waals surface area (Å²) in [5.41, 5.74) is -1.56. The lowest BCUT2D eigenvalue weighted by Crippen LogP contribution is -2.45. The number of aromatic nitrogens is 2. The number of halogens is 4. The van der Waals surface area contributed by atoms with Crippen molar-refractivity contribution in [2.75, 3.05) is 21.6 Å². The molecule has 14 heteroatoms. The number of thioether (sulfide) groups is 1. The molecule has 0 bridgehead atoms. The van der Waals surface area contributed by atoms with Crippen molar-refractivity contribution in [2.24, 2.45) is 0 Å². The molecule has 0 saturated carbocycles. The lowest BCUT2D eigenvalue weighted by molar-refractivity contribution is -0.137. The second-order valence-electron chi connectivity index (χ2n) is 5.86. The Balaban J connectivity index is 2.32. The summed E-state index contributed by atoms with van der Waals surface area (Å²) in [7, 11) is -4.12. The van der Waals surface area contributed by atoms with E-state index in [-0.39, 0.29) is 10.8 Å². The number of benzene rings is 1. The van der Waals surface area contributed by atoms with Crippen molar-refractivity contribution in [3.63, 3.8) is 0 Å². The molecule has 1 aromatic carbocycles. The van der Waals surface area contributed by atoms with E-state index in [1.807, 2.05) is 0 Å². The van der Waals surface area contributed by atoms with Crippen LogP contribution in [0.5, 0.6) is 0 Å². The summed E-state index contributed by atoms with van der Waals surface area (Å²) >= 11 is 8.01. The van der Waals surface area contributed by atoms with Crippen molar-refractivity contribution in [1.82, 2.24) is 10.2 Å². The highest BCUT2D eigenvalue weighted by Crippen LogP contribution is 2.38. The highest BCUT2D eigenvalue weighted by Gasteiger charge is 2.36. The summed E-state index contributed by atoms with van der Waals surface area (Å²) in [6.07, 6.45) is -2.35. The van der Waals surface area contributed by atoms with E-state index in [1.54, 1.807) is 6.08 Å². The maximum absolute atomic E-state index is 13.2. The third kappa shape index (κ3) is 6.09. The molecule has 0 fully saturated rings. The molecule has 1 heterocycles. The third-order valence-corrected chi connectivity index (χ3v) is 7.10. The van der Waals surface area contributed by atoms with Gasteiger partial charge >= 0.3 is 6.18 Å². The Morgan fingerprint density at radius 3 is 2.67 bits per heavy atom. The van der Waals surface area contributed by atoms with Gasteiger partial charge in [0, 0.05) is 5.75 Å². The van der Waals surface area contributed by atoms with Crippen LogP contribution in [0.1, 0.15) is 12.5 Å². The quantitative estimate of drug-likeness (QED) is 0.330. The number of hydrogen-bond donors (Lipinski definition) is 1. The van der Waals surface area contributed by atoms with E-state index >= 15 is 0 Å². The number of carbonyl (C=O) groups is 1. The zero-order valence-electron chi connectivity index (χ0n) is 15.6. The monoisotopic (exact) mass is 500 g/mol. The molecule has 0 saturated heterocycles. The summed E-state index contributed by atoms with van der Waals surface area (Å²) in [6.45, 7) is 4.82. The third-order valence-electron chi connectivity index (χ3n) is 3.56. The van der Waals surface area contributed by atoms with Crippen LogP contribution < -0.4 is 9.62 Å². The van der Waals surface area contributed by atoms with Crippen molar-refractivity contribution in [3.05, 3.63) is 41.4 Å². The van der Waals surface area contributed by atoms with Gasteiger partial charge in [0.25, 0.3) is 0 Å². The van der Waals surface area contributed by atoms with E-state index in [0.717, 1.165) is 29.7 Å². The molecule has 1 N–H and O–H groups in total. The van der Waals surface area contributed by atoms with Crippen LogP contribution in [0.4, 0.5) is 24.0 Å². The van der Waals surface area contributed by atoms with Gasteiger partial charge in [0.15, 0.2) is 4.34 Å². The molecule has 0 aliphatic carbocycles. The molecule has 164 valence electrons. The molecule has 1 atom stereocenters. The molecule has 1 aromatic heterocycles. The number of amides is 1. The van der Waals surface area contributed by atoms with Crippen molar-refractivity contribution in [1.29, 1.82) is 0 Å². The van der Waals surface area contributed by atoms with E-state index in [0.29, 0.717) is 20.5 Å². The molecular formula is C16H16ClF3N4O3S3. The Hall–Kier alpha value is -1.83. The van der Waals surface area contributed by atoms with Gasteiger partial charge in [-0.15, -0.1) is 16.8 Å². The Bertz CT molecular complexity index is 1040. The van der Waals surface area contributed by atoms with Gasteiger partial charge < -0.3 is 0 Å². The number of alkyl halides is 3. The van der Waals surface area contributed by atoms with Crippen molar-refractivity contribution in [3.8, 4) is 0 Å². The molecule has 0 aliphatic heterocycles. The van der Waals surface area contributed by atoms with Crippen LogP contribution in [-0.4, -0.2) is 42.6 Å².